The van der Waals surface area contributed by atoms with Crippen LogP contribution in [0, 0.1) is 0 Å². The van der Waals surface area contributed by atoms with Gasteiger partial charge in [-0.05, 0) is 58.3 Å². The lowest BCUT2D eigenvalue weighted by atomic mass is 9.72. The average molecular weight is 258 g/mol. The van der Waals surface area contributed by atoms with E-state index in [9.17, 15) is 4.79 Å². The van der Waals surface area contributed by atoms with Crippen LogP contribution in [0.3, 0.4) is 0 Å². The van der Waals surface area contributed by atoms with Crippen LogP contribution in [-0.2, 0) is 16.6 Å². The monoisotopic (exact) mass is 258 g/mol. The zero-order valence-electron chi connectivity index (χ0n) is 12.1. The van der Waals surface area contributed by atoms with Crippen LogP contribution >= 0.6 is 0 Å². The van der Waals surface area contributed by atoms with Crippen molar-refractivity contribution in [2.24, 2.45) is 0 Å². The van der Waals surface area contributed by atoms with E-state index in [4.69, 9.17) is 0 Å². The van der Waals surface area contributed by atoms with Crippen LogP contribution in [0.5, 0.6) is 0 Å². The molecule has 0 aromatic carbocycles. The molecule has 1 saturated heterocycles. The van der Waals surface area contributed by atoms with Crippen LogP contribution in [0.4, 0.5) is 0 Å². The Balaban J connectivity index is 1.89. The van der Waals surface area contributed by atoms with Crippen molar-refractivity contribution in [2.75, 3.05) is 13.1 Å². The number of carbonyl (C=O) groups excluding carboxylic acids is 1. The zero-order valence-corrected chi connectivity index (χ0v) is 12.1. The zero-order chi connectivity index (χ0) is 13.7. The molecule has 1 aliphatic carbocycles. The summed E-state index contributed by atoms with van der Waals surface area (Å²) in [5.74, 6) is 0.384. The molecular weight excluding hydrogens is 236 g/mol. The molecule has 0 bridgehead atoms. The van der Waals surface area contributed by atoms with E-state index in [1.165, 1.54) is 5.56 Å². The minimum atomic E-state index is -0.231. The Hall–Kier alpha value is -1.22. The fourth-order valence-electron chi connectivity index (χ4n) is 3.59. The third-order valence-electron chi connectivity index (χ3n) is 4.83. The molecule has 1 spiro atoms. The van der Waals surface area contributed by atoms with E-state index in [0.29, 0.717) is 12.2 Å². The molecule has 1 aliphatic heterocycles. The van der Waals surface area contributed by atoms with Crippen LogP contribution < -0.4 is 0 Å². The van der Waals surface area contributed by atoms with Crippen molar-refractivity contribution in [2.45, 2.75) is 51.0 Å². The molecule has 0 N–H and O–H groups in total. The smallest absolute Gasteiger partial charge is 0.149 e. The number of piperidine rings is 1. The Morgan fingerprint density at radius 2 is 1.95 bits per heavy atom. The van der Waals surface area contributed by atoms with Crippen molar-refractivity contribution in [1.29, 1.82) is 0 Å². The van der Waals surface area contributed by atoms with E-state index in [1.54, 1.807) is 6.20 Å². The number of ketones is 1. The van der Waals surface area contributed by atoms with Gasteiger partial charge in [-0.2, -0.15) is 0 Å². The molecule has 1 fully saturated rings. The number of pyridine rings is 1. The highest BCUT2D eigenvalue weighted by Crippen LogP contribution is 2.44. The molecule has 0 radical (unpaired) electrons. The Labute approximate surface area is 115 Å². The molecule has 0 saturated carbocycles. The molecule has 2 aliphatic rings. The number of hydrogen-bond acceptors (Lipinski definition) is 3. The maximum Gasteiger partial charge on any atom is 0.149 e. The molecule has 0 unspecified atom stereocenters. The molecule has 3 rings (SSSR count). The van der Waals surface area contributed by atoms with Crippen LogP contribution in [-0.4, -0.2) is 34.3 Å². The van der Waals surface area contributed by atoms with Crippen LogP contribution in [0.1, 0.15) is 44.9 Å². The normalized spacial score (nSPS) is 22.8. The number of carbonyl (C=O) groups is 1. The lowest BCUT2D eigenvalue weighted by Gasteiger charge is -2.44. The number of rotatable bonds is 0. The van der Waals surface area contributed by atoms with E-state index in [-0.39, 0.29) is 11.0 Å². The molecule has 3 nitrogen and oxygen atoms in total. The second-order valence-corrected chi connectivity index (χ2v) is 6.84. The number of hydrogen-bond donors (Lipinski definition) is 0. The number of likely N-dealkylation sites (tertiary alicyclic amines) is 1. The summed E-state index contributed by atoms with van der Waals surface area (Å²) in [5.41, 5.74) is 2.18. The van der Waals surface area contributed by atoms with Crippen molar-refractivity contribution in [3.8, 4) is 0 Å². The van der Waals surface area contributed by atoms with Gasteiger partial charge in [0.15, 0.2) is 0 Å². The Morgan fingerprint density at radius 1 is 1.26 bits per heavy atom. The largest absolute Gasteiger partial charge is 0.298 e. The predicted octanol–water partition coefficient (Wildman–Crippen LogP) is 2.34. The second-order valence-electron chi connectivity index (χ2n) is 6.84. The summed E-state index contributed by atoms with van der Waals surface area (Å²) >= 11 is 0. The van der Waals surface area contributed by atoms with Crippen molar-refractivity contribution >= 4 is 5.78 Å². The predicted molar refractivity (Wildman–Crippen MR) is 75.2 cm³/mol. The van der Waals surface area contributed by atoms with Gasteiger partial charge in [-0.1, -0.05) is 6.07 Å². The van der Waals surface area contributed by atoms with Gasteiger partial charge in [0.25, 0.3) is 0 Å². The quantitative estimate of drug-likeness (QED) is 0.716. The summed E-state index contributed by atoms with van der Waals surface area (Å²) in [6, 6.07) is 4.08. The van der Waals surface area contributed by atoms with E-state index >= 15 is 0 Å². The van der Waals surface area contributed by atoms with Gasteiger partial charge in [0.2, 0.25) is 0 Å². The SMILES string of the molecule is CC(C)(C)N1CCC2(CC1)C(=O)Cc1ncccc12. The van der Waals surface area contributed by atoms with Crippen LogP contribution in [0.2, 0.25) is 0 Å². The number of Topliss-reactive ketones (excluding diaryl/α,β-unsaturated/α-hetero) is 1. The molecule has 0 atom stereocenters. The van der Waals surface area contributed by atoms with Crippen molar-refractivity contribution in [1.82, 2.24) is 9.88 Å². The highest BCUT2D eigenvalue weighted by molar-refractivity contribution is 5.96. The maximum absolute atomic E-state index is 12.5. The third-order valence-corrected chi connectivity index (χ3v) is 4.83. The van der Waals surface area contributed by atoms with E-state index in [0.717, 1.165) is 31.6 Å². The fraction of sp³-hybridized carbons (Fsp3) is 0.625. The van der Waals surface area contributed by atoms with Crippen LogP contribution in [0.15, 0.2) is 18.3 Å². The summed E-state index contributed by atoms with van der Waals surface area (Å²) < 4.78 is 0. The lowest BCUT2D eigenvalue weighted by molar-refractivity contribution is -0.125. The van der Waals surface area contributed by atoms with Gasteiger partial charge in [-0.25, -0.2) is 0 Å². The number of nitrogens with zero attached hydrogens (tertiary/aromatic N) is 2. The molecular formula is C16H22N2O. The van der Waals surface area contributed by atoms with E-state index in [2.05, 4.69) is 36.7 Å². The second kappa shape index (κ2) is 4.14. The molecule has 102 valence electrons. The molecule has 1 aromatic heterocycles. The molecule has 2 heterocycles. The van der Waals surface area contributed by atoms with E-state index in [1.807, 2.05) is 6.07 Å². The maximum atomic E-state index is 12.5. The third kappa shape index (κ3) is 1.91. The fourth-order valence-corrected chi connectivity index (χ4v) is 3.59. The van der Waals surface area contributed by atoms with Gasteiger partial charge in [-0.3, -0.25) is 14.7 Å². The molecule has 3 heteroatoms. The summed E-state index contributed by atoms with van der Waals surface area (Å²) in [5, 5.41) is 0. The molecule has 1 aromatic rings. The standard InChI is InChI=1S/C16H22N2O/c1-15(2,3)18-9-6-16(7-10-18)12-5-4-8-17-13(12)11-14(16)19/h4-5,8H,6-7,9-11H2,1-3H3. The average Bonchev–Trinajstić information content (AvgIpc) is 2.63. The molecule has 0 amide bonds. The Bertz CT molecular complexity index is 508. The first kappa shape index (κ1) is 12.8. The Kier molecular flexibility index (Phi) is 2.79. The highest BCUT2D eigenvalue weighted by Gasteiger charge is 2.49. The summed E-state index contributed by atoms with van der Waals surface area (Å²) in [6.07, 6.45) is 4.23. The first-order valence-corrected chi connectivity index (χ1v) is 7.16. The minimum Gasteiger partial charge on any atom is -0.298 e. The topological polar surface area (TPSA) is 33.2 Å². The van der Waals surface area contributed by atoms with Gasteiger partial charge in [0, 0.05) is 18.2 Å². The minimum absolute atomic E-state index is 0.195. The van der Waals surface area contributed by atoms with Gasteiger partial charge in [-0.15, -0.1) is 0 Å². The van der Waals surface area contributed by atoms with Gasteiger partial charge in [0.05, 0.1) is 11.1 Å². The van der Waals surface area contributed by atoms with Gasteiger partial charge >= 0.3 is 0 Å². The van der Waals surface area contributed by atoms with Crippen molar-refractivity contribution in [3.63, 3.8) is 0 Å². The van der Waals surface area contributed by atoms with Crippen molar-refractivity contribution < 1.29 is 4.79 Å². The van der Waals surface area contributed by atoms with Crippen molar-refractivity contribution in [3.05, 3.63) is 29.6 Å². The first-order valence-electron chi connectivity index (χ1n) is 7.16. The number of fused-ring (bicyclic) bond motifs is 2. The van der Waals surface area contributed by atoms with Gasteiger partial charge in [0.1, 0.15) is 5.78 Å². The molecule has 19 heavy (non-hydrogen) atoms. The summed E-state index contributed by atoms with van der Waals surface area (Å²) in [7, 11) is 0. The lowest BCUT2D eigenvalue weighted by Crippen LogP contribution is -2.51. The summed E-state index contributed by atoms with van der Waals surface area (Å²) in [4.78, 5) is 19.4. The Morgan fingerprint density at radius 3 is 2.58 bits per heavy atom. The van der Waals surface area contributed by atoms with E-state index < -0.39 is 0 Å². The number of aromatic nitrogens is 1. The van der Waals surface area contributed by atoms with Gasteiger partial charge < -0.3 is 0 Å². The summed E-state index contributed by atoms with van der Waals surface area (Å²) in [6.45, 7) is 8.75. The highest BCUT2D eigenvalue weighted by atomic mass is 16.1. The van der Waals surface area contributed by atoms with Crippen LogP contribution in [0.25, 0.3) is 0 Å². The first-order chi connectivity index (χ1) is 8.93.